The Morgan fingerprint density at radius 2 is 2.22 bits per heavy atom. The van der Waals surface area contributed by atoms with Gasteiger partial charge in [-0.15, -0.1) is 12.4 Å². The van der Waals surface area contributed by atoms with Gasteiger partial charge in [-0.3, -0.25) is 4.79 Å². The van der Waals surface area contributed by atoms with Crippen LogP contribution in [0.1, 0.15) is 24.8 Å². The van der Waals surface area contributed by atoms with Gasteiger partial charge < -0.3 is 15.7 Å². The number of carbonyl (C=O) groups is 1. The molecule has 1 aromatic rings. The number of amides is 1. The number of benzene rings is 1. The lowest BCUT2D eigenvalue weighted by Crippen LogP contribution is -2.43. The molecule has 1 fully saturated rings. The molecule has 0 spiro atoms. The Hall–Kier alpha value is -1.26. The van der Waals surface area contributed by atoms with E-state index in [1.54, 1.807) is 12.1 Å². The van der Waals surface area contributed by atoms with Crippen LogP contribution < -0.4 is 10.6 Å². The van der Waals surface area contributed by atoms with Crippen molar-refractivity contribution in [1.29, 1.82) is 0 Å². The molecule has 1 aliphatic rings. The summed E-state index contributed by atoms with van der Waals surface area (Å²) in [6, 6.07) is 5.10. The number of halogens is 1. The SMILES string of the molecule is Cc1ccc(NC(=O)C2CCCCN2)c(O)c1.Cl. The fourth-order valence-corrected chi connectivity index (χ4v) is 2.04. The second-order valence-corrected chi connectivity index (χ2v) is 4.51. The summed E-state index contributed by atoms with van der Waals surface area (Å²) < 4.78 is 0. The molecule has 0 aromatic heterocycles. The smallest absolute Gasteiger partial charge is 0.241 e. The van der Waals surface area contributed by atoms with Crippen LogP contribution in [0.15, 0.2) is 18.2 Å². The highest BCUT2D eigenvalue weighted by Crippen LogP contribution is 2.24. The number of anilines is 1. The van der Waals surface area contributed by atoms with Crippen LogP contribution in [0.2, 0.25) is 0 Å². The van der Waals surface area contributed by atoms with Crippen LogP contribution in [0.5, 0.6) is 5.75 Å². The van der Waals surface area contributed by atoms with Crippen LogP contribution in [-0.2, 0) is 4.79 Å². The molecule has 1 amide bonds. The molecule has 1 saturated heterocycles. The van der Waals surface area contributed by atoms with Crippen molar-refractivity contribution in [2.75, 3.05) is 11.9 Å². The highest BCUT2D eigenvalue weighted by atomic mass is 35.5. The average molecular weight is 271 g/mol. The highest BCUT2D eigenvalue weighted by molar-refractivity contribution is 5.96. The van der Waals surface area contributed by atoms with Gasteiger partial charge in [0, 0.05) is 0 Å². The number of piperidine rings is 1. The van der Waals surface area contributed by atoms with Crippen LogP contribution in [0.3, 0.4) is 0 Å². The Bertz CT molecular complexity index is 417. The van der Waals surface area contributed by atoms with Crippen molar-refractivity contribution in [3.8, 4) is 5.75 Å². The maximum absolute atomic E-state index is 11.9. The molecule has 0 radical (unpaired) electrons. The number of hydrogen-bond donors (Lipinski definition) is 3. The van der Waals surface area contributed by atoms with E-state index in [2.05, 4.69) is 10.6 Å². The molecule has 5 heteroatoms. The average Bonchev–Trinajstić information content (AvgIpc) is 2.34. The van der Waals surface area contributed by atoms with E-state index in [1.165, 1.54) is 0 Å². The minimum atomic E-state index is -0.135. The maximum atomic E-state index is 11.9. The van der Waals surface area contributed by atoms with Crippen molar-refractivity contribution in [2.45, 2.75) is 32.2 Å². The first-order valence-corrected chi connectivity index (χ1v) is 6.00. The molecule has 1 atom stereocenters. The van der Waals surface area contributed by atoms with Gasteiger partial charge in [-0.05, 0) is 44.0 Å². The monoisotopic (exact) mass is 270 g/mol. The third kappa shape index (κ3) is 3.62. The van der Waals surface area contributed by atoms with E-state index in [-0.39, 0.29) is 30.1 Å². The fraction of sp³-hybridized carbons (Fsp3) is 0.462. The van der Waals surface area contributed by atoms with Crippen molar-refractivity contribution in [3.05, 3.63) is 23.8 Å². The largest absolute Gasteiger partial charge is 0.506 e. The number of phenols is 1. The second kappa shape index (κ2) is 6.61. The topological polar surface area (TPSA) is 61.4 Å². The molecule has 0 bridgehead atoms. The van der Waals surface area contributed by atoms with Gasteiger partial charge in [0.2, 0.25) is 5.91 Å². The number of aryl methyl sites for hydroxylation is 1. The first kappa shape index (κ1) is 14.8. The number of rotatable bonds is 2. The lowest BCUT2D eigenvalue weighted by molar-refractivity contribution is -0.118. The predicted molar refractivity (Wildman–Crippen MR) is 74.4 cm³/mol. The molecule has 1 aromatic carbocycles. The predicted octanol–water partition coefficient (Wildman–Crippen LogP) is 2.20. The molecule has 2 rings (SSSR count). The molecule has 1 aliphatic heterocycles. The van der Waals surface area contributed by atoms with Gasteiger partial charge in [0.25, 0.3) is 0 Å². The summed E-state index contributed by atoms with van der Waals surface area (Å²) in [5, 5.41) is 15.6. The second-order valence-electron chi connectivity index (χ2n) is 4.51. The minimum Gasteiger partial charge on any atom is -0.506 e. The summed E-state index contributed by atoms with van der Waals surface area (Å²) in [4.78, 5) is 11.9. The lowest BCUT2D eigenvalue weighted by Gasteiger charge is -2.22. The third-order valence-corrected chi connectivity index (χ3v) is 3.04. The first-order chi connectivity index (χ1) is 8.16. The van der Waals surface area contributed by atoms with Crippen LogP contribution in [0.25, 0.3) is 0 Å². The summed E-state index contributed by atoms with van der Waals surface area (Å²) in [5.41, 5.74) is 1.45. The zero-order valence-electron chi connectivity index (χ0n) is 10.4. The first-order valence-electron chi connectivity index (χ1n) is 6.00. The van der Waals surface area contributed by atoms with Crippen LogP contribution in [0.4, 0.5) is 5.69 Å². The Labute approximate surface area is 113 Å². The van der Waals surface area contributed by atoms with Crippen molar-refractivity contribution in [3.63, 3.8) is 0 Å². The van der Waals surface area contributed by atoms with E-state index in [0.29, 0.717) is 5.69 Å². The van der Waals surface area contributed by atoms with E-state index in [1.807, 2.05) is 13.0 Å². The lowest BCUT2D eigenvalue weighted by atomic mass is 10.0. The molecule has 1 heterocycles. The standard InChI is InChI=1S/C13H18N2O2.ClH/c1-9-5-6-10(12(16)8-9)15-13(17)11-4-2-3-7-14-11;/h5-6,8,11,14,16H,2-4,7H2,1H3,(H,15,17);1H. The van der Waals surface area contributed by atoms with E-state index in [0.717, 1.165) is 31.4 Å². The molecular formula is C13H19ClN2O2. The molecule has 3 N–H and O–H groups in total. The van der Waals surface area contributed by atoms with Crippen LogP contribution in [-0.4, -0.2) is 23.6 Å². The van der Waals surface area contributed by atoms with Crippen molar-refractivity contribution in [2.24, 2.45) is 0 Å². The Morgan fingerprint density at radius 1 is 1.44 bits per heavy atom. The quantitative estimate of drug-likeness (QED) is 0.722. The highest BCUT2D eigenvalue weighted by Gasteiger charge is 2.21. The van der Waals surface area contributed by atoms with Gasteiger partial charge >= 0.3 is 0 Å². The Kier molecular flexibility index (Phi) is 5.44. The third-order valence-electron chi connectivity index (χ3n) is 3.04. The minimum absolute atomic E-state index is 0. The normalized spacial score (nSPS) is 18.8. The molecule has 100 valence electrons. The van der Waals surface area contributed by atoms with Gasteiger partial charge in [-0.25, -0.2) is 0 Å². The van der Waals surface area contributed by atoms with Crippen LogP contribution >= 0.6 is 12.4 Å². The summed E-state index contributed by atoms with van der Waals surface area (Å²) in [6.07, 6.45) is 3.06. The van der Waals surface area contributed by atoms with Crippen molar-refractivity contribution >= 4 is 24.0 Å². The summed E-state index contributed by atoms with van der Waals surface area (Å²) in [6.45, 7) is 2.78. The van der Waals surface area contributed by atoms with Gasteiger partial charge in [-0.1, -0.05) is 12.5 Å². The summed E-state index contributed by atoms with van der Waals surface area (Å²) in [5.74, 6) is 0.0537. The zero-order valence-corrected chi connectivity index (χ0v) is 11.2. The summed E-state index contributed by atoms with van der Waals surface area (Å²) >= 11 is 0. The number of hydrogen-bond acceptors (Lipinski definition) is 3. The van der Waals surface area contributed by atoms with Crippen molar-refractivity contribution in [1.82, 2.24) is 5.32 Å². The molecule has 0 saturated carbocycles. The van der Waals surface area contributed by atoms with Gasteiger partial charge in [-0.2, -0.15) is 0 Å². The number of nitrogens with one attached hydrogen (secondary N) is 2. The summed E-state index contributed by atoms with van der Waals surface area (Å²) in [7, 11) is 0. The van der Waals surface area contributed by atoms with E-state index < -0.39 is 0 Å². The molecular weight excluding hydrogens is 252 g/mol. The van der Waals surface area contributed by atoms with Gasteiger partial charge in [0.1, 0.15) is 5.75 Å². The zero-order chi connectivity index (χ0) is 12.3. The van der Waals surface area contributed by atoms with E-state index in [4.69, 9.17) is 0 Å². The molecule has 18 heavy (non-hydrogen) atoms. The number of phenolic OH excluding ortho intramolecular Hbond substituents is 1. The number of aromatic hydroxyl groups is 1. The van der Waals surface area contributed by atoms with E-state index >= 15 is 0 Å². The molecule has 1 unspecified atom stereocenters. The maximum Gasteiger partial charge on any atom is 0.241 e. The Morgan fingerprint density at radius 3 is 2.83 bits per heavy atom. The van der Waals surface area contributed by atoms with E-state index in [9.17, 15) is 9.90 Å². The number of carbonyl (C=O) groups excluding carboxylic acids is 1. The Balaban J connectivity index is 0.00000162. The van der Waals surface area contributed by atoms with Crippen molar-refractivity contribution < 1.29 is 9.90 Å². The molecule has 4 nitrogen and oxygen atoms in total. The fourth-order valence-electron chi connectivity index (χ4n) is 2.04. The molecule has 0 aliphatic carbocycles. The van der Waals surface area contributed by atoms with Gasteiger partial charge in [0.05, 0.1) is 11.7 Å². The van der Waals surface area contributed by atoms with Crippen LogP contribution in [0, 0.1) is 6.92 Å². The van der Waals surface area contributed by atoms with Gasteiger partial charge in [0.15, 0.2) is 0 Å².